The molecule has 0 radical (unpaired) electrons. The Bertz CT molecular complexity index is 832. The van der Waals surface area contributed by atoms with Crippen molar-refractivity contribution in [2.45, 2.75) is 33.1 Å². The molecule has 2 aromatic carbocycles. The second kappa shape index (κ2) is 10.2. The number of carbonyl (C=O) groups excluding carboxylic acids is 1. The molecule has 0 saturated carbocycles. The van der Waals surface area contributed by atoms with Crippen LogP contribution in [0.2, 0.25) is 5.02 Å². The molecular weight excluding hydrogens is 380 g/mol. The third-order valence-corrected chi connectivity index (χ3v) is 4.78. The lowest BCUT2D eigenvalue weighted by Gasteiger charge is -2.20. The van der Waals surface area contributed by atoms with Gasteiger partial charge < -0.3 is 18.9 Å². The molecule has 2 aromatic rings. The van der Waals surface area contributed by atoms with E-state index in [4.69, 9.17) is 30.5 Å². The molecular formula is C22H27ClO5. The number of ketones is 1. The first-order valence-corrected chi connectivity index (χ1v) is 9.63. The first-order chi connectivity index (χ1) is 13.5. The van der Waals surface area contributed by atoms with E-state index in [0.717, 1.165) is 19.3 Å². The van der Waals surface area contributed by atoms with Crippen LogP contribution < -0.4 is 18.9 Å². The molecule has 0 bridgehead atoms. The lowest BCUT2D eigenvalue weighted by Crippen LogP contribution is -2.12. The predicted octanol–water partition coefficient (Wildman–Crippen LogP) is 5.47. The van der Waals surface area contributed by atoms with E-state index in [0.29, 0.717) is 51.3 Å². The minimum absolute atomic E-state index is 0.286. The molecule has 2 rings (SSSR count). The second-order valence-electron chi connectivity index (χ2n) is 6.33. The molecule has 0 aromatic heterocycles. The van der Waals surface area contributed by atoms with Crippen molar-refractivity contribution < 1.29 is 23.7 Å². The van der Waals surface area contributed by atoms with E-state index in [1.807, 2.05) is 6.92 Å². The van der Waals surface area contributed by atoms with Gasteiger partial charge in [-0.25, -0.2) is 0 Å². The van der Waals surface area contributed by atoms with Crippen LogP contribution in [-0.4, -0.2) is 33.7 Å². The minimum Gasteiger partial charge on any atom is -0.496 e. The number of ether oxygens (including phenoxy) is 4. The summed E-state index contributed by atoms with van der Waals surface area (Å²) in [4.78, 5) is 13.5. The first-order valence-electron chi connectivity index (χ1n) is 9.25. The molecule has 0 spiro atoms. The van der Waals surface area contributed by atoms with Gasteiger partial charge in [0.15, 0.2) is 11.5 Å². The summed E-state index contributed by atoms with van der Waals surface area (Å²) in [7, 11) is 4.58. The zero-order valence-electron chi connectivity index (χ0n) is 17.1. The molecule has 0 unspecified atom stereocenters. The Morgan fingerprint density at radius 1 is 0.964 bits per heavy atom. The van der Waals surface area contributed by atoms with E-state index in [2.05, 4.69) is 6.92 Å². The number of hydrogen-bond acceptors (Lipinski definition) is 5. The predicted molar refractivity (Wildman–Crippen MR) is 111 cm³/mol. The van der Waals surface area contributed by atoms with E-state index >= 15 is 0 Å². The zero-order chi connectivity index (χ0) is 20.7. The van der Waals surface area contributed by atoms with Gasteiger partial charge in [0.2, 0.25) is 11.5 Å². The Morgan fingerprint density at radius 2 is 1.68 bits per heavy atom. The molecule has 28 heavy (non-hydrogen) atoms. The standard InChI is InChI=1S/C22H27ClO5/c1-6-7-8-12-28-22-18(14(2)13-17(26-4)21(22)27-5)20(24)19-15(23)10-9-11-16(19)25-3/h9-11,13H,6-8,12H2,1-5H3. The van der Waals surface area contributed by atoms with Crippen LogP contribution in [0.15, 0.2) is 24.3 Å². The molecule has 0 atom stereocenters. The number of carbonyl (C=O) groups is 1. The summed E-state index contributed by atoms with van der Waals surface area (Å²) >= 11 is 6.34. The molecule has 6 heteroatoms. The lowest BCUT2D eigenvalue weighted by molar-refractivity contribution is 0.103. The number of methoxy groups -OCH3 is 3. The van der Waals surface area contributed by atoms with Gasteiger partial charge in [0.05, 0.1) is 44.1 Å². The smallest absolute Gasteiger partial charge is 0.204 e. The largest absolute Gasteiger partial charge is 0.496 e. The monoisotopic (exact) mass is 406 g/mol. The minimum atomic E-state index is -0.286. The summed E-state index contributed by atoms with van der Waals surface area (Å²) in [6.07, 6.45) is 2.98. The van der Waals surface area contributed by atoms with Crippen LogP contribution in [0, 0.1) is 6.92 Å². The Morgan fingerprint density at radius 3 is 2.29 bits per heavy atom. The van der Waals surface area contributed by atoms with Crippen LogP contribution in [0.5, 0.6) is 23.0 Å². The van der Waals surface area contributed by atoms with Crippen molar-refractivity contribution in [3.63, 3.8) is 0 Å². The summed E-state index contributed by atoms with van der Waals surface area (Å²) < 4.78 is 22.3. The van der Waals surface area contributed by atoms with Gasteiger partial charge in [-0.2, -0.15) is 0 Å². The van der Waals surface area contributed by atoms with Crippen LogP contribution in [-0.2, 0) is 0 Å². The summed E-state index contributed by atoms with van der Waals surface area (Å²) in [5, 5.41) is 0.315. The van der Waals surface area contributed by atoms with Gasteiger partial charge in [0.25, 0.3) is 0 Å². The van der Waals surface area contributed by atoms with E-state index < -0.39 is 0 Å². The van der Waals surface area contributed by atoms with Crippen molar-refractivity contribution in [2.75, 3.05) is 27.9 Å². The number of benzene rings is 2. The van der Waals surface area contributed by atoms with Crippen molar-refractivity contribution in [2.24, 2.45) is 0 Å². The lowest BCUT2D eigenvalue weighted by atomic mass is 9.96. The topological polar surface area (TPSA) is 54.0 Å². The van der Waals surface area contributed by atoms with E-state index in [1.54, 1.807) is 31.4 Å². The number of hydrogen-bond donors (Lipinski definition) is 0. The van der Waals surface area contributed by atoms with Crippen molar-refractivity contribution in [3.8, 4) is 23.0 Å². The average molecular weight is 407 g/mol. The fourth-order valence-electron chi connectivity index (χ4n) is 3.05. The molecule has 152 valence electrons. The Kier molecular flexibility index (Phi) is 8.00. The van der Waals surface area contributed by atoms with E-state index in [9.17, 15) is 4.79 Å². The molecule has 0 heterocycles. The first kappa shape index (κ1) is 21.9. The Hall–Kier alpha value is -2.40. The summed E-state index contributed by atoms with van der Waals surface area (Å²) in [5.41, 5.74) is 1.39. The maximum Gasteiger partial charge on any atom is 0.204 e. The van der Waals surface area contributed by atoms with E-state index in [1.165, 1.54) is 14.2 Å². The van der Waals surface area contributed by atoms with Gasteiger partial charge in [0, 0.05) is 0 Å². The molecule has 0 aliphatic carbocycles. The van der Waals surface area contributed by atoms with Gasteiger partial charge >= 0.3 is 0 Å². The average Bonchev–Trinajstić information content (AvgIpc) is 2.69. The highest BCUT2D eigenvalue weighted by molar-refractivity contribution is 6.35. The fraction of sp³-hybridized carbons (Fsp3) is 0.409. The van der Waals surface area contributed by atoms with Crippen LogP contribution in [0.1, 0.15) is 47.7 Å². The highest BCUT2D eigenvalue weighted by Crippen LogP contribution is 2.44. The summed E-state index contributed by atoms with van der Waals surface area (Å²) in [5.74, 6) is 1.38. The van der Waals surface area contributed by atoms with Crippen LogP contribution in [0.4, 0.5) is 0 Å². The molecule has 0 aliphatic rings. The number of unbranched alkanes of at least 4 members (excludes halogenated alkanes) is 2. The Labute approximate surface area is 171 Å². The number of rotatable bonds is 10. The maximum atomic E-state index is 13.5. The van der Waals surface area contributed by atoms with Gasteiger partial charge in [-0.1, -0.05) is 37.4 Å². The zero-order valence-corrected chi connectivity index (χ0v) is 17.8. The molecule has 0 saturated heterocycles. The second-order valence-corrected chi connectivity index (χ2v) is 6.74. The van der Waals surface area contributed by atoms with Crippen molar-refractivity contribution >= 4 is 17.4 Å². The summed E-state index contributed by atoms with van der Waals surface area (Å²) in [6.45, 7) is 4.42. The molecule has 0 amide bonds. The fourth-order valence-corrected chi connectivity index (χ4v) is 3.30. The summed E-state index contributed by atoms with van der Waals surface area (Å²) in [6, 6.07) is 6.86. The van der Waals surface area contributed by atoms with Crippen LogP contribution in [0.25, 0.3) is 0 Å². The molecule has 0 aliphatic heterocycles. The van der Waals surface area contributed by atoms with Gasteiger partial charge in [-0.3, -0.25) is 4.79 Å². The van der Waals surface area contributed by atoms with Crippen molar-refractivity contribution in [3.05, 3.63) is 46.0 Å². The quantitative estimate of drug-likeness (QED) is 0.386. The molecule has 0 fully saturated rings. The van der Waals surface area contributed by atoms with Crippen LogP contribution in [0.3, 0.4) is 0 Å². The number of aryl methyl sites for hydroxylation is 1. The van der Waals surface area contributed by atoms with Gasteiger partial charge in [0.1, 0.15) is 5.75 Å². The third kappa shape index (κ3) is 4.53. The third-order valence-electron chi connectivity index (χ3n) is 4.47. The number of halogens is 1. The van der Waals surface area contributed by atoms with Crippen molar-refractivity contribution in [1.29, 1.82) is 0 Å². The van der Waals surface area contributed by atoms with Gasteiger partial charge in [-0.15, -0.1) is 0 Å². The van der Waals surface area contributed by atoms with Crippen LogP contribution >= 0.6 is 11.6 Å². The molecule has 5 nitrogen and oxygen atoms in total. The van der Waals surface area contributed by atoms with Crippen molar-refractivity contribution in [1.82, 2.24) is 0 Å². The molecule has 0 N–H and O–H groups in total. The maximum absolute atomic E-state index is 13.5. The highest BCUT2D eigenvalue weighted by atomic mass is 35.5. The SMILES string of the molecule is CCCCCOc1c(OC)c(OC)cc(C)c1C(=O)c1c(Cl)cccc1OC. The Balaban J connectivity index is 2.63. The van der Waals surface area contributed by atoms with Gasteiger partial charge in [-0.05, 0) is 37.1 Å². The van der Waals surface area contributed by atoms with E-state index in [-0.39, 0.29) is 5.78 Å². The normalized spacial score (nSPS) is 10.5. The highest BCUT2D eigenvalue weighted by Gasteiger charge is 2.28.